The fourth-order valence-electron chi connectivity index (χ4n) is 0.837. The topological polar surface area (TPSA) is 3.24 Å². The number of allylic oxidation sites excluding steroid dienone is 1. The molecule has 0 N–H and O–H groups in total. The molecule has 0 aromatic carbocycles. The van der Waals surface area contributed by atoms with Crippen molar-refractivity contribution in [1.82, 2.24) is 4.90 Å². The van der Waals surface area contributed by atoms with E-state index in [4.69, 9.17) is 0 Å². The smallest absolute Gasteiger partial charge is 0.0383 e. The van der Waals surface area contributed by atoms with Gasteiger partial charge in [0.1, 0.15) is 0 Å². The van der Waals surface area contributed by atoms with E-state index in [-0.39, 0.29) is 0 Å². The van der Waals surface area contributed by atoms with Crippen LogP contribution in [0.4, 0.5) is 0 Å². The minimum Gasteiger partial charge on any atom is -0.368 e. The number of nitrogens with zero attached hydrogens (tertiary/aromatic N) is 1. The van der Waals surface area contributed by atoms with Gasteiger partial charge >= 0.3 is 0 Å². The van der Waals surface area contributed by atoms with Gasteiger partial charge in [0.25, 0.3) is 0 Å². The van der Waals surface area contributed by atoms with Gasteiger partial charge in [-0.05, 0) is 13.8 Å². The van der Waals surface area contributed by atoms with E-state index in [0.717, 1.165) is 24.4 Å². The molecule has 0 rings (SSSR count). The molecule has 0 fully saturated rings. The van der Waals surface area contributed by atoms with Crippen molar-refractivity contribution in [3.8, 4) is 0 Å². The van der Waals surface area contributed by atoms with Crippen LogP contribution >= 0.6 is 0 Å². The van der Waals surface area contributed by atoms with E-state index < -0.39 is 0 Å². The van der Waals surface area contributed by atoms with Gasteiger partial charge in [0.15, 0.2) is 0 Å². The quantitative estimate of drug-likeness (QED) is 0.546. The third kappa shape index (κ3) is 4.43. The fourth-order valence-corrected chi connectivity index (χ4v) is 0.837. The lowest BCUT2D eigenvalue weighted by atomic mass is 10.3. The van der Waals surface area contributed by atoms with Gasteiger partial charge in [0.05, 0.1) is 0 Å². The molecule has 0 heterocycles. The summed E-state index contributed by atoms with van der Waals surface area (Å²) in [6, 6.07) is 0. The highest BCUT2D eigenvalue weighted by molar-refractivity contribution is 5.01. The molecule has 0 aliphatic rings. The van der Waals surface area contributed by atoms with Crippen LogP contribution in [0.1, 0.15) is 13.8 Å². The first-order valence-corrected chi connectivity index (χ1v) is 3.73. The van der Waals surface area contributed by atoms with Gasteiger partial charge in [-0.1, -0.05) is 24.8 Å². The lowest BCUT2D eigenvalue weighted by Crippen LogP contribution is -2.22. The number of hydrogen-bond acceptors (Lipinski definition) is 1. The van der Waals surface area contributed by atoms with E-state index in [0.29, 0.717) is 0 Å². The van der Waals surface area contributed by atoms with Crippen molar-refractivity contribution < 1.29 is 0 Å². The van der Waals surface area contributed by atoms with Gasteiger partial charge in [-0.25, -0.2) is 0 Å². The zero-order chi connectivity index (χ0) is 8.85. The minimum absolute atomic E-state index is 0.849. The summed E-state index contributed by atoms with van der Waals surface area (Å²) in [5, 5.41) is 0. The summed E-state index contributed by atoms with van der Waals surface area (Å²) in [4.78, 5) is 2.13. The molecule has 0 spiro atoms. The number of rotatable bonds is 5. The van der Waals surface area contributed by atoms with Crippen molar-refractivity contribution in [2.75, 3.05) is 13.1 Å². The fraction of sp³-hybridized carbons (Fsp3) is 0.400. The van der Waals surface area contributed by atoms with Crippen molar-refractivity contribution in [2.45, 2.75) is 13.8 Å². The van der Waals surface area contributed by atoms with E-state index >= 15 is 0 Å². The summed E-state index contributed by atoms with van der Waals surface area (Å²) >= 11 is 0. The summed E-state index contributed by atoms with van der Waals surface area (Å²) in [5.41, 5.74) is 2.21. The molecular weight excluding hydrogens is 134 g/mol. The number of hydrogen-bond donors (Lipinski definition) is 0. The van der Waals surface area contributed by atoms with Crippen LogP contribution in [-0.4, -0.2) is 18.0 Å². The first kappa shape index (κ1) is 10.0. The lowest BCUT2D eigenvalue weighted by molar-refractivity contribution is 0.415. The molecule has 11 heavy (non-hydrogen) atoms. The first-order valence-electron chi connectivity index (χ1n) is 3.73. The Kier molecular flexibility index (Phi) is 4.35. The predicted octanol–water partition coefficient (Wildman–Crippen LogP) is 2.58. The first-order chi connectivity index (χ1) is 5.07. The molecular formula is C10H17N. The lowest BCUT2D eigenvalue weighted by Gasteiger charge is -2.22. The SMILES string of the molecule is C=CCN(CC(=C)C)C(=C)C. The third-order valence-electron chi connectivity index (χ3n) is 1.35. The second-order valence-corrected chi connectivity index (χ2v) is 2.86. The van der Waals surface area contributed by atoms with Gasteiger partial charge in [-0.3, -0.25) is 0 Å². The van der Waals surface area contributed by atoms with Crippen LogP contribution < -0.4 is 0 Å². The Morgan fingerprint density at radius 1 is 1.36 bits per heavy atom. The van der Waals surface area contributed by atoms with Crippen molar-refractivity contribution >= 4 is 0 Å². The molecule has 1 heteroatoms. The van der Waals surface area contributed by atoms with Crippen LogP contribution in [0.5, 0.6) is 0 Å². The molecule has 0 amide bonds. The molecule has 62 valence electrons. The minimum atomic E-state index is 0.849. The molecule has 0 aliphatic heterocycles. The second kappa shape index (κ2) is 4.78. The van der Waals surface area contributed by atoms with Crippen LogP contribution in [-0.2, 0) is 0 Å². The molecule has 0 atom stereocenters. The van der Waals surface area contributed by atoms with Crippen molar-refractivity contribution in [1.29, 1.82) is 0 Å². The Morgan fingerprint density at radius 3 is 2.18 bits per heavy atom. The Morgan fingerprint density at radius 2 is 1.91 bits per heavy atom. The molecule has 0 aromatic heterocycles. The molecule has 0 saturated heterocycles. The molecule has 0 saturated carbocycles. The van der Waals surface area contributed by atoms with Gasteiger partial charge in [-0.2, -0.15) is 0 Å². The van der Waals surface area contributed by atoms with Crippen LogP contribution in [0, 0.1) is 0 Å². The highest BCUT2D eigenvalue weighted by atomic mass is 15.1. The monoisotopic (exact) mass is 151 g/mol. The standard InChI is InChI=1S/C10H17N/c1-6-7-11(10(4)5)8-9(2)3/h6H,1-2,4,7-8H2,3,5H3. The van der Waals surface area contributed by atoms with E-state index in [9.17, 15) is 0 Å². The maximum absolute atomic E-state index is 3.86. The van der Waals surface area contributed by atoms with Crippen LogP contribution in [0.15, 0.2) is 37.1 Å². The van der Waals surface area contributed by atoms with Crippen LogP contribution in [0.2, 0.25) is 0 Å². The largest absolute Gasteiger partial charge is 0.368 e. The highest BCUT2D eigenvalue weighted by Crippen LogP contribution is 2.03. The average molecular weight is 151 g/mol. The Labute approximate surface area is 69.7 Å². The van der Waals surface area contributed by atoms with E-state index in [1.165, 1.54) is 0 Å². The molecule has 0 aromatic rings. The summed E-state index contributed by atoms with van der Waals surface area (Å²) in [6.45, 7) is 17.1. The predicted molar refractivity (Wildman–Crippen MR) is 51.4 cm³/mol. The highest BCUT2D eigenvalue weighted by Gasteiger charge is 1.99. The normalized spacial score (nSPS) is 8.91. The molecule has 0 unspecified atom stereocenters. The Bertz CT molecular complexity index is 168. The zero-order valence-corrected chi connectivity index (χ0v) is 7.56. The molecule has 0 radical (unpaired) electrons. The zero-order valence-electron chi connectivity index (χ0n) is 7.56. The summed E-state index contributed by atoms with van der Waals surface area (Å²) in [6.07, 6.45) is 1.87. The van der Waals surface area contributed by atoms with Gasteiger partial charge in [-0.15, -0.1) is 6.58 Å². The Hall–Kier alpha value is -0.980. The maximum Gasteiger partial charge on any atom is 0.0383 e. The Balaban J connectivity index is 3.99. The van der Waals surface area contributed by atoms with Crippen molar-refractivity contribution in [3.05, 3.63) is 37.1 Å². The third-order valence-corrected chi connectivity index (χ3v) is 1.35. The second-order valence-electron chi connectivity index (χ2n) is 2.86. The van der Waals surface area contributed by atoms with E-state index in [1.807, 2.05) is 19.9 Å². The maximum atomic E-state index is 3.86. The summed E-state index contributed by atoms with van der Waals surface area (Å²) < 4.78 is 0. The van der Waals surface area contributed by atoms with Crippen molar-refractivity contribution in [3.63, 3.8) is 0 Å². The van der Waals surface area contributed by atoms with Crippen molar-refractivity contribution in [2.24, 2.45) is 0 Å². The molecule has 1 nitrogen and oxygen atoms in total. The molecule has 0 aliphatic carbocycles. The van der Waals surface area contributed by atoms with Gasteiger partial charge in [0, 0.05) is 18.8 Å². The van der Waals surface area contributed by atoms with Gasteiger partial charge in [0.2, 0.25) is 0 Å². The van der Waals surface area contributed by atoms with Crippen LogP contribution in [0.3, 0.4) is 0 Å². The van der Waals surface area contributed by atoms with Crippen LogP contribution in [0.25, 0.3) is 0 Å². The van der Waals surface area contributed by atoms with E-state index in [2.05, 4.69) is 24.6 Å². The summed E-state index contributed by atoms with van der Waals surface area (Å²) in [7, 11) is 0. The van der Waals surface area contributed by atoms with Gasteiger partial charge < -0.3 is 4.90 Å². The molecule has 0 bridgehead atoms. The average Bonchev–Trinajstić information content (AvgIpc) is 1.86. The van der Waals surface area contributed by atoms with E-state index in [1.54, 1.807) is 0 Å². The summed E-state index contributed by atoms with van der Waals surface area (Å²) in [5.74, 6) is 0.